The molecule has 0 aromatic heterocycles. The highest BCUT2D eigenvalue weighted by atomic mass is 19.3. The first-order valence-electron chi connectivity index (χ1n) is 11.9. The van der Waals surface area contributed by atoms with Gasteiger partial charge in [0.1, 0.15) is 12.0 Å². The maximum atomic E-state index is 15.3. The first-order valence-corrected chi connectivity index (χ1v) is 11.9. The summed E-state index contributed by atoms with van der Waals surface area (Å²) < 4.78 is 30.6. The molecule has 5 rings (SSSR count). The lowest BCUT2D eigenvalue weighted by atomic mass is 9.68. The lowest BCUT2D eigenvalue weighted by Crippen LogP contribution is -2.34. The fourth-order valence-corrected chi connectivity index (χ4v) is 5.58. The van der Waals surface area contributed by atoms with Gasteiger partial charge in [-0.1, -0.05) is 48.0 Å². The van der Waals surface area contributed by atoms with E-state index in [1.807, 2.05) is 43.3 Å². The van der Waals surface area contributed by atoms with Gasteiger partial charge in [0.15, 0.2) is 0 Å². The number of fused-ring (bicyclic) bond motifs is 1. The van der Waals surface area contributed by atoms with Crippen LogP contribution in [0.1, 0.15) is 58.9 Å². The highest BCUT2D eigenvalue weighted by Gasteiger charge is 2.47. The van der Waals surface area contributed by atoms with Gasteiger partial charge in [-0.25, -0.2) is 8.78 Å². The Labute approximate surface area is 199 Å². The molecule has 0 bridgehead atoms. The van der Waals surface area contributed by atoms with Crippen molar-refractivity contribution in [2.75, 3.05) is 18.0 Å². The van der Waals surface area contributed by atoms with Crippen LogP contribution in [-0.2, 0) is 10.7 Å². The second-order valence-corrected chi connectivity index (χ2v) is 9.73. The van der Waals surface area contributed by atoms with Crippen molar-refractivity contribution in [1.82, 2.24) is 0 Å². The molecule has 34 heavy (non-hydrogen) atoms. The maximum Gasteiger partial charge on any atom is 0.274 e. The number of rotatable bonds is 4. The van der Waals surface area contributed by atoms with Crippen LogP contribution in [-0.4, -0.2) is 24.5 Å². The van der Waals surface area contributed by atoms with E-state index in [9.17, 15) is 9.90 Å². The van der Waals surface area contributed by atoms with E-state index in [4.69, 9.17) is 0 Å². The molecule has 0 amide bonds. The van der Waals surface area contributed by atoms with Gasteiger partial charge < -0.3 is 14.8 Å². The second-order valence-electron chi connectivity index (χ2n) is 9.73. The lowest BCUT2D eigenvalue weighted by molar-refractivity contribution is -0.111. The minimum Gasteiger partial charge on any atom is -0.508 e. The number of phenolic OH excluding ortho intramolecular Hbond substituents is 1. The minimum absolute atomic E-state index is 0.0825. The van der Waals surface area contributed by atoms with Gasteiger partial charge in [0, 0.05) is 48.5 Å². The van der Waals surface area contributed by atoms with Gasteiger partial charge in [-0.05, 0) is 60.7 Å². The Morgan fingerprint density at radius 1 is 0.941 bits per heavy atom. The average molecular weight is 462 g/mol. The number of aldehydes is 1. The molecule has 3 nitrogen and oxygen atoms in total. The Morgan fingerprint density at radius 3 is 2.24 bits per heavy atom. The largest absolute Gasteiger partial charge is 0.508 e. The Hall–Kier alpha value is -3.21. The number of aromatic hydroxyl groups is 1. The van der Waals surface area contributed by atoms with Crippen molar-refractivity contribution in [1.29, 1.82) is 0 Å². The molecule has 176 valence electrons. The molecule has 2 atom stereocenters. The predicted octanol–water partition coefficient (Wildman–Crippen LogP) is 6.53. The van der Waals surface area contributed by atoms with E-state index < -0.39 is 5.92 Å². The standard InChI is InChI=1S/C29H29F2NO2/c1-19-2-4-21(5-3-19)26-17-29(30,31)27-16-24(34)10-11-25(27)28(26)22-6-8-23(9-7-22)32-14-12-20(18-33)13-15-32/h2-11,16,18,20,26,28,34H,12-15,17H2,1H3/t26-,28-/m1/s1. The van der Waals surface area contributed by atoms with Crippen molar-refractivity contribution in [3.8, 4) is 5.75 Å². The monoisotopic (exact) mass is 461 g/mol. The molecule has 0 spiro atoms. The van der Waals surface area contributed by atoms with E-state index >= 15 is 8.78 Å². The van der Waals surface area contributed by atoms with Crippen LogP contribution in [0, 0.1) is 12.8 Å². The van der Waals surface area contributed by atoms with Crippen molar-refractivity contribution >= 4 is 12.0 Å². The SMILES string of the molecule is Cc1ccc([C@H]2CC(F)(F)c3cc(O)ccc3[C@H]2c2ccc(N3CCC(C=O)CC3)cc2)cc1. The van der Waals surface area contributed by atoms with Crippen LogP contribution >= 0.6 is 0 Å². The number of alkyl halides is 2. The molecule has 1 aliphatic carbocycles. The molecule has 2 aliphatic rings. The van der Waals surface area contributed by atoms with Crippen LogP contribution in [0.3, 0.4) is 0 Å². The van der Waals surface area contributed by atoms with E-state index in [2.05, 4.69) is 17.0 Å². The summed E-state index contributed by atoms with van der Waals surface area (Å²) in [6.45, 7) is 3.67. The maximum absolute atomic E-state index is 15.3. The summed E-state index contributed by atoms with van der Waals surface area (Å²) in [5, 5.41) is 9.95. The molecular formula is C29H29F2NO2. The van der Waals surface area contributed by atoms with Crippen LogP contribution in [0.4, 0.5) is 14.5 Å². The van der Waals surface area contributed by atoms with E-state index in [0.717, 1.165) is 54.6 Å². The first-order chi connectivity index (χ1) is 16.4. The lowest BCUT2D eigenvalue weighted by Gasteiger charge is -2.39. The highest BCUT2D eigenvalue weighted by molar-refractivity contribution is 5.56. The minimum atomic E-state index is -3.02. The molecule has 1 N–H and O–H groups in total. The summed E-state index contributed by atoms with van der Waals surface area (Å²) in [6.07, 6.45) is 2.46. The molecule has 1 aliphatic heterocycles. The third kappa shape index (κ3) is 4.20. The molecule has 3 aromatic rings. The van der Waals surface area contributed by atoms with Crippen molar-refractivity contribution < 1.29 is 18.7 Å². The summed E-state index contributed by atoms with van der Waals surface area (Å²) in [7, 11) is 0. The van der Waals surface area contributed by atoms with Crippen LogP contribution in [0.15, 0.2) is 66.7 Å². The summed E-state index contributed by atoms with van der Waals surface area (Å²) in [5.41, 5.74) is 4.55. The number of halogens is 2. The van der Waals surface area contributed by atoms with Gasteiger partial charge in [0.25, 0.3) is 5.92 Å². The molecular weight excluding hydrogens is 432 g/mol. The number of nitrogens with zero attached hydrogens (tertiary/aromatic N) is 1. The molecule has 1 fully saturated rings. The zero-order valence-electron chi connectivity index (χ0n) is 19.3. The zero-order valence-corrected chi connectivity index (χ0v) is 19.3. The Kier molecular flexibility index (Phi) is 5.88. The van der Waals surface area contributed by atoms with Crippen LogP contribution in [0.25, 0.3) is 0 Å². The van der Waals surface area contributed by atoms with Crippen LogP contribution in [0.2, 0.25) is 0 Å². The number of benzene rings is 3. The number of aryl methyl sites for hydroxylation is 1. The zero-order chi connectivity index (χ0) is 23.9. The normalized spacial score (nSPS) is 22.3. The van der Waals surface area contributed by atoms with Gasteiger partial charge in [0.05, 0.1) is 0 Å². The molecule has 3 aromatic carbocycles. The van der Waals surface area contributed by atoms with E-state index in [1.165, 1.54) is 12.1 Å². The van der Waals surface area contributed by atoms with Crippen molar-refractivity contribution in [2.45, 2.75) is 43.9 Å². The van der Waals surface area contributed by atoms with Gasteiger partial charge in [0.2, 0.25) is 0 Å². The number of phenols is 1. The average Bonchev–Trinajstić information content (AvgIpc) is 2.85. The van der Waals surface area contributed by atoms with Crippen LogP contribution < -0.4 is 4.90 Å². The quantitative estimate of drug-likeness (QED) is 0.449. The Bertz CT molecular complexity index is 1170. The van der Waals surface area contributed by atoms with Gasteiger partial charge in [-0.15, -0.1) is 0 Å². The molecule has 5 heteroatoms. The van der Waals surface area contributed by atoms with Gasteiger partial charge >= 0.3 is 0 Å². The summed E-state index contributed by atoms with van der Waals surface area (Å²) in [6, 6.07) is 20.5. The first kappa shape index (κ1) is 22.6. The smallest absolute Gasteiger partial charge is 0.274 e. The Balaban J connectivity index is 1.54. The number of hydrogen-bond donors (Lipinski definition) is 1. The van der Waals surface area contributed by atoms with Crippen molar-refractivity contribution in [2.24, 2.45) is 5.92 Å². The number of carbonyl (C=O) groups is 1. The topological polar surface area (TPSA) is 40.5 Å². The third-order valence-electron chi connectivity index (χ3n) is 7.50. The molecule has 1 saturated heterocycles. The van der Waals surface area contributed by atoms with Gasteiger partial charge in [-0.2, -0.15) is 0 Å². The van der Waals surface area contributed by atoms with Gasteiger partial charge in [-0.3, -0.25) is 0 Å². The number of hydrogen-bond acceptors (Lipinski definition) is 3. The number of carbonyl (C=O) groups excluding carboxylic acids is 1. The number of anilines is 1. The summed E-state index contributed by atoms with van der Waals surface area (Å²) in [5.74, 6) is -3.65. The highest BCUT2D eigenvalue weighted by Crippen LogP contribution is 2.55. The molecule has 0 unspecified atom stereocenters. The van der Waals surface area contributed by atoms with Crippen molar-refractivity contribution in [3.63, 3.8) is 0 Å². The summed E-state index contributed by atoms with van der Waals surface area (Å²) >= 11 is 0. The van der Waals surface area contributed by atoms with E-state index in [1.54, 1.807) is 6.07 Å². The van der Waals surface area contributed by atoms with E-state index in [-0.39, 0.29) is 35.5 Å². The number of piperidine rings is 1. The molecule has 0 saturated carbocycles. The molecule has 0 radical (unpaired) electrons. The fourth-order valence-electron chi connectivity index (χ4n) is 5.58. The van der Waals surface area contributed by atoms with Crippen LogP contribution in [0.5, 0.6) is 5.75 Å². The summed E-state index contributed by atoms with van der Waals surface area (Å²) in [4.78, 5) is 13.3. The third-order valence-corrected chi connectivity index (χ3v) is 7.50. The second kappa shape index (κ2) is 8.86. The predicted molar refractivity (Wildman–Crippen MR) is 130 cm³/mol. The fraction of sp³-hybridized carbons (Fsp3) is 0.345. The van der Waals surface area contributed by atoms with E-state index in [0.29, 0.717) is 5.56 Å². The Morgan fingerprint density at radius 2 is 1.59 bits per heavy atom. The molecule has 1 heterocycles. The van der Waals surface area contributed by atoms with Crippen molar-refractivity contribution in [3.05, 3.63) is 94.5 Å².